The fraction of sp³-hybridized carbons (Fsp3) is 0.476. The van der Waals surface area contributed by atoms with E-state index in [2.05, 4.69) is 57.5 Å². The molecule has 6 heteroatoms. The molecular formula is C21H26ClN5. The second-order valence-corrected chi connectivity index (χ2v) is 7.76. The van der Waals surface area contributed by atoms with E-state index < -0.39 is 0 Å². The van der Waals surface area contributed by atoms with E-state index >= 15 is 0 Å². The molecule has 4 rings (SSSR count). The number of benzene rings is 1. The van der Waals surface area contributed by atoms with Crippen molar-refractivity contribution in [3.05, 3.63) is 41.9 Å². The van der Waals surface area contributed by atoms with Crippen LogP contribution < -0.4 is 4.90 Å². The van der Waals surface area contributed by atoms with Crippen molar-refractivity contribution >= 4 is 34.3 Å². The predicted octanol–water partition coefficient (Wildman–Crippen LogP) is 5.92. The van der Waals surface area contributed by atoms with E-state index in [9.17, 15) is 0 Å². The van der Waals surface area contributed by atoms with Gasteiger partial charge in [0.2, 0.25) is 5.28 Å². The number of hydrogen-bond acceptors (Lipinski definition) is 4. The third kappa shape index (κ3) is 3.53. The Labute approximate surface area is 165 Å². The van der Waals surface area contributed by atoms with Gasteiger partial charge < -0.3 is 9.47 Å². The van der Waals surface area contributed by atoms with Crippen molar-refractivity contribution in [1.82, 2.24) is 19.5 Å². The average Bonchev–Trinajstić information content (AvgIpc) is 3.32. The van der Waals surface area contributed by atoms with E-state index in [0.717, 1.165) is 35.5 Å². The summed E-state index contributed by atoms with van der Waals surface area (Å²) in [6.45, 7) is 4.43. The minimum atomic E-state index is 0.280. The molecule has 0 amide bonds. The van der Waals surface area contributed by atoms with Crippen molar-refractivity contribution in [2.24, 2.45) is 0 Å². The normalized spacial score (nSPS) is 16.1. The monoisotopic (exact) mass is 383 g/mol. The quantitative estimate of drug-likeness (QED) is 0.495. The molecule has 0 bridgehead atoms. The highest BCUT2D eigenvalue weighted by Gasteiger charge is 2.26. The van der Waals surface area contributed by atoms with Gasteiger partial charge in [0.15, 0.2) is 17.0 Å². The van der Waals surface area contributed by atoms with Gasteiger partial charge in [0.1, 0.15) is 0 Å². The van der Waals surface area contributed by atoms with Gasteiger partial charge in [-0.2, -0.15) is 9.97 Å². The van der Waals surface area contributed by atoms with Crippen LogP contribution in [0.15, 0.2) is 36.7 Å². The molecule has 2 heterocycles. The number of para-hydroxylation sites is 1. The largest absolute Gasteiger partial charge is 0.322 e. The van der Waals surface area contributed by atoms with Crippen molar-refractivity contribution in [2.75, 3.05) is 4.90 Å². The summed E-state index contributed by atoms with van der Waals surface area (Å²) in [6.07, 6.45) is 8.96. The van der Waals surface area contributed by atoms with E-state index in [1.807, 2.05) is 12.4 Å². The Kier molecular flexibility index (Phi) is 5.30. The maximum Gasteiger partial charge on any atom is 0.226 e. The third-order valence-corrected chi connectivity index (χ3v) is 5.67. The zero-order chi connectivity index (χ0) is 18.8. The van der Waals surface area contributed by atoms with Crippen LogP contribution in [0.1, 0.15) is 58.4 Å². The molecule has 0 N–H and O–H groups in total. The van der Waals surface area contributed by atoms with Crippen LogP contribution in [0.3, 0.4) is 0 Å². The van der Waals surface area contributed by atoms with E-state index in [-0.39, 0.29) is 11.3 Å². The minimum absolute atomic E-state index is 0.280. The third-order valence-electron chi connectivity index (χ3n) is 5.50. The second-order valence-electron chi connectivity index (χ2n) is 7.42. The first-order valence-electron chi connectivity index (χ1n) is 9.93. The van der Waals surface area contributed by atoms with Crippen molar-refractivity contribution in [1.29, 1.82) is 0 Å². The van der Waals surface area contributed by atoms with E-state index in [4.69, 9.17) is 16.6 Å². The van der Waals surface area contributed by atoms with Crippen molar-refractivity contribution in [3.63, 3.8) is 0 Å². The Morgan fingerprint density at radius 2 is 1.93 bits per heavy atom. The van der Waals surface area contributed by atoms with E-state index in [1.165, 1.54) is 25.7 Å². The highest BCUT2D eigenvalue weighted by atomic mass is 35.5. The van der Waals surface area contributed by atoms with Gasteiger partial charge in [0.05, 0.1) is 6.33 Å². The molecule has 0 radical (unpaired) electrons. The number of nitrogens with zero attached hydrogens (tertiary/aromatic N) is 5. The van der Waals surface area contributed by atoms with Crippen molar-refractivity contribution in [3.8, 4) is 0 Å². The van der Waals surface area contributed by atoms with Crippen molar-refractivity contribution in [2.45, 2.75) is 64.5 Å². The Hall–Kier alpha value is -2.14. The molecule has 3 aromatic rings. The van der Waals surface area contributed by atoms with Gasteiger partial charge in [-0.1, -0.05) is 44.4 Å². The molecule has 1 aliphatic rings. The molecule has 1 fully saturated rings. The lowest BCUT2D eigenvalue weighted by molar-refractivity contribution is 0.529. The van der Waals surface area contributed by atoms with Crippen molar-refractivity contribution < 1.29 is 0 Å². The average molecular weight is 384 g/mol. The van der Waals surface area contributed by atoms with Gasteiger partial charge in [0.25, 0.3) is 0 Å². The summed E-state index contributed by atoms with van der Waals surface area (Å²) in [5, 5.41) is 0.280. The molecule has 142 valence electrons. The first-order valence-corrected chi connectivity index (χ1v) is 10.3. The van der Waals surface area contributed by atoms with Gasteiger partial charge in [-0.25, -0.2) is 4.98 Å². The standard InChI is InChI=1S/C21H26ClN5/c1-3-9-15(2)27(17-12-5-4-6-13-17)20-18-19(24-21(22)25-20)26(14-23-18)16-10-7-8-11-16/h4-6,12-16H,3,7-11H2,1-2H3. The number of aromatic nitrogens is 4. The number of hydrogen-bond donors (Lipinski definition) is 0. The maximum absolute atomic E-state index is 6.38. The SMILES string of the molecule is CCCC(C)N(c1ccccc1)c1nc(Cl)nc2c1ncn2C1CCCC1. The minimum Gasteiger partial charge on any atom is -0.322 e. The number of halogens is 1. The van der Waals surface area contributed by atoms with Gasteiger partial charge in [-0.15, -0.1) is 0 Å². The second kappa shape index (κ2) is 7.85. The lowest BCUT2D eigenvalue weighted by atomic mass is 10.1. The number of fused-ring (bicyclic) bond motifs is 1. The summed E-state index contributed by atoms with van der Waals surface area (Å²) in [7, 11) is 0. The Morgan fingerprint density at radius 1 is 1.19 bits per heavy atom. The molecule has 2 aromatic heterocycles. The van der Waals surface area contributed by atoms with Crippen LogP contribution in [0.5, 0.6) is 0 Å². The van der Waals surface area contributed by atoms with Crippen LogP contribution in [-0.4, -0.2) is 25.6 Å². The van der Waals surface area contributed by atoms with E-state index in [0.29, 0.717) is 6.04 Å². The number of rotatable bonds is 6. The molecule has 1 saturated carbocycles. The summed E-state index contributed by atoms with van der Waals surface area (Å²) in [6, 6.07) is 11.1. The van der Waals surface area contributed by atoms with Gasteiger partial charge >= 0.3 is 0 Å². The Morgan fingerprint density at radius 3 is 2.63 bits per heavy atom. The van der Waals surface area contributed by atoms with Crippen LogP contribution in [0.2, 0.25) is 5.28 Å². The first-order chi connectivity index (χ1) is 13.2. The molecule has 0 spiro atoms. The zero-order valence-corrected chi connectivity index (χ0v) is 16.7. The lowest BCUT2D eigenvalue weighted by Gasteiger charge is -2.30. The van der Waals surface area contributed by atoms with Crippen LogP contribution in [0.4, 0.5) is 11.5 Å². The van der Waals surface area contributed by atoms with Crippen LogP contribution in [-0.2, 0) is 0 Å². The summed E-state index contributed by atoms with van der Waals surface area (Å²) in [5.41, 5.74) is 2.78. The maximum atomic E-state index is 6.38. The first kappa shape index (κ1) is 18.2. The van der Waals surface area contributed by atoms with E-state index in [1.54, 1.807) is 0 Å². The molecule has 1 aliphatic carbocycles. The summed E-state index contributed by atoms with van der Waals surface area (Å²) in [4.78, 5) is 16.2. The zero-order valence-electron chi connectivity index (χ0n) is 16.0. The number of anilines is 2. The summed E-state index contributed by atoms with van der Waals surface area (Å²) >= 11 is 6.38. The van der Waals surface area contributed by atoms with Crippen LogP contribution in [0.25, 0.3) is 11.2 Å². The van der Waals surface area contributed by atoms with Crippen LogP contribution in [0, 0.1) is 0 Å². The lowest BCUT2D eigenvalue weighted by Crippen LogP contribution is -2.29. The smallest absolute Gasteiger partial charge is 0.226 e. The Balaban J connectivity index is 1.86. The molecular weight excluding hydrogens is 358 g/mol. The topological polar surface area (TPSA) is 46.8 Å². The molecule has 0 saturated heterocycles. The molecule has 0 aliphatic heterocycles. The van der Waals surface area contributed by atoms with Crippen LogP contribution >= 0.6 is 11.6 Å². The van der Waals surface area contributed by atoms with Gasteiger partial charge in [-0.3, -0.25) is 0 Å². The fourth-order valence-electron chi connectivity index (χ4n) is 4.21. The Bertz CT molecular complexity index is 902. The van der Waals surface area contributed by atoms with Gasteiger partial charge in [-0.05, 0) is 49.9 Å². The highest BCUT2D eigenvalue weighted by molar-refractivity contribution is 6.28. The fourth-order valence-corrected chi connectivity index (χ4v) is 4.37. The predicted molar refractivity (Wildman–Crippen MR) is 111 cm³/mol. The highest BCUT2D eigenvalue weighted by Crippen LogP contribution is 2.36. The summed E-state index contributed by atoms with van der Waals surface area (Å²) in [5.74, 6) is 0.800. The molecule has 5 nitrogen and oxygen atoms in total. The summed E-state index contributed by atoms with van der Waals surface area (Å²) < 4.78 is 2.20. The molecule has 1 unspecified atom stereocenters. The molecule has 1 aromatic carbocycles. The molecule has 1 atom stereocenters. The van der Waals surface area contributed by atoms with Gasteiger partial charge in [0, 0.05) is 17.8 Å². The number of imidazole rings is 1. The molecule has 27 heavy (non-hydrogen) atoms.